The molecule has 0 fully saturated rings. The van der Waals surface area contributed by atoms with Gasteiger partial charge in [0, 0.05) is 12.1 Å². The molecule has 0 heterocycles. The molecule has 2 amide bonds. The Labute approximate surface area is 210 Å². The summed E-state index contributed by atoms with van der Waals surface area (Å²) < 4.78 is 26.7. The Morgan fingerprint density at radius 1 is 1.00 bits per heavy atom. The van der Waals surface area contributed by atoms with Crippen LogP contribution in [0.3, 0.4) is 0 Å². The number of amides is 2. The summed E-state index contributed by atoms with van der Waals surface area (Å²) in [6.45, 7) is 11.2. The van der Waals surface area contributed by atoms with Gasteiger partial charge in [-0.15, -0.1) is 0 Å². The highest BCUT2D eigenvalue weighted by atomic mass is 32.2. The van der Waals surface area contributed by atoms with Gasteiger partial charge in [0.25, 0.3) is 0 Å². The van der Waals surface area contributed by atoms with E-state index < -0.39 is 27.5 Å². The summed E-state index contributed by atoms with van der Waals surface area (Å²) in [5.41, 5.74) is 2.76. The highest BCUT2D eigenvalue weighted by Gasteiger charge is 2.33. The van der Waals surface area contributed by atoms with Crippen LogP contribution in [-0.2, 0) is 26.0 Å². The lowest BCUT2D eigenvalue weighted by atomic mass is 10.1. The smallest absolute Gasteiger partial charge is 0.244 e. The molecule has 0 bridgehead atoms. The second-order valence-electron chi connectivity index (χ2n) is 9.97. The summed E-state index contributed by atoms with van der Waals surface area (Å²) in [6.07, 6.45) is 2.05. The number of nitrogens with one attached hydrogen (secondary N) is 1. The number of nitrogens with zero attached hydrogens (tertiary/aromatic N) is 2. The first-order chi connectivity index (χ1) is 16.2. The number of anilines is 1. The van der Waals surface area contributed by atoms with Crippen LogP contribution in [0.25, 0.3) is 0 Å². The molecule has 0 saturated heterocycles. The van der Waals surface area contributed by atoms with Crippen LogP contribution in [0, 0.1) is 13.8 Å². The van der Waals surface area contributed by atoms with E-state index in [1.165, 1.54) is 4.90 Å². The third kappa shape index (κ3) is 8.09. The van der Waals surface area contributed by atoms with Crippen molar-refractivity contribution in [1.29, 1.82) is 0 Å². The first kappa shape index (κ1) is 28.4. The van der Waals surface area contributed by atoms with E-state index in [0.29, 0.717) is 25.1 Å². The van der Waals surface area contributed by atoms with Crippen LogP contribution in [0.4, 0.5) is 5.69 Å². The molecule has 1 N–H and O–H groups in total. The van der Waals surface area contributed by atoms with Gasteiger partial charge < -0.3 is 10.2 Å². The molecule has 0 aliphatic heterocycles. The van der Waals surface area contributed by atoms with Crippen LogP contribution < -0.4 is 9.62 Å². The van der Waals surface area contributed by atoms with Crippen molar-refractivity contribution in [3.8, 4) is 0 Å². The minimum atomic E-state index is -3.75. The summed E-state index contributed by atoms with van der Waals surface area (Å²) in [4.78, 5) is 28.4. The van der Waals surface area contributed by atoms with Crippen molar-refractivity contribution >= 4 is 27.5 Å². The van der Waals surface area contributed by atoms with E-state index in [4.69, 9.17) is 0 Å². The van der Waals surface area contributed by atoms with E-state index in [0.717, 1.165) is 27.3 Å². The Morgan fingerprint density at radius 3 is 2.17 bits per heavy atom. The summed E-state index contributed by atoms with van der Waals surface area (Å²) in [5, 5.41) is 2.97. The number of sulfonamides is 1. The fraction of sp³-hybridized carbons (Fsp3) is 0.481. The summed E-state index contributed by atoms with van der Waals surface area (Å²) in [7, 11) is -3.75. The van der Waals surface area contributed by atoms with E-state index >= 15 is 0 Å². The van der Waals surface area contributed by atoms with E-state index in [1.807, 2.05) is 77.9 Å². The first-order valence-electron chi connectivity index (χ1n) is 11.9. The van der Waals surface area contributed by atoms with Crippen LogP contribution in [0.5, 0.6) is 0 Å². The maximum atomic E-state index is 13.7. The minimum absolute atomic E-state index is 0.251. The van der Waals surface area contributed by atoms with Gasteiger partial charge in [-0.25, -0.2) is 8.42 Å². The molecule has 0 radical (unpaired) electrons. The van der Waals surface area contributed by atoms with E-state index in [9.17, 15) is 18.0 Å². The van der Waals surface area contributed by atoms with E-state index in [2.05, 4.69) is 5.32 Å². The van der Waals surface area contributed by atoms with Gasteiger partial charge in [0.1, 0.15) is 12.6 Å². The molecule has 2 aromatic carbocycles. The average Bonchev–Trinajstić information content (AvgIpc) is 2.75. The molecule has 1 atom stereocenters. The lowest BCUT2D eigenvalue weighted by molar-refractivity contribution is -0.140. The summed E-state index contributed by atoms with van der Waals surface area (Å²) >= 11 is 0. The minimum Gasteiger partial charge on any atom is -0.350 e. The second-order valence-corrected chi connectivity index (χ2v) is 11.9. The molecule has 0 aromatic heterocycles. The van der Waals surface area contributed by atoms with Crippen molar-refractivity contribution in [2.24, 2.45) is 0 Å². The maximum Gasteiger partial charge on any atom is 0.244 e. The first-order valence-corrected chi connectivity index (χ1v) is 13.8. The zero-order valence-corrected chi connectivity index (χ0v) is 22.8. The van der Waals surface area contributed by atoms with Crippen LogP contribution in [0.15, 0.2) is 48.5 Å². The Bertz CT molecular complexity index is 1120. The molecule has 0 unspecified atom stereocenters. The van der Waals surface area contributed by atoms with Crippen LogP contribution in [-0.4, -0.2) is 56.1 Å². The van der Waals surface area contributed by atoms with Crippen LogP contribution in [0.2, 0.25) is 0 Å². The lowest BCUT2D eigenvalue weighted by Crippen LogP contribution is -2.56. The van der Waals surface area contributed by atoms with Gasteiger partial charge >= 0.3 is 0 Å². The molecule has 0 aliphatic carbocycles. The third-order valence-corrected chi connectivity index (χ3v) is 7.02. The Balaban J connectivity index is 2.42. The number of carbonyl (C=O) groups is 2. The van der Waals surface area contributed by atoms with Gasteiger partial charge in [-0.3, -0.25) is 13.9 Å². The topological polar surface area (TPSA) is 86.8 Å². The predicted molar refractivity (Wildman–Crippen MR) is 142 cm³/mol. The quantitative estimate of drug-likeness (QED) is 0.536. The maximum absolute atomic E-state index is 13.7. The predicted octanol–water partition coefficient (Wildman–Crippen LogP) is 3.83. The Hall–Kier alpha value is -2.87. The molecule has 2 rings (SSSR count). The van der Waals surface area contributed by atoms with Crippen molar-refractivity contribution in [3.05, 3.63) is 65.2 Å². The number of benzene rings is 2. The van der Waals surface area contributed by atoms with Crippen molar-refractivity contribution in [3.63, 3.8) is 0 Å². The van der Waals surface area contributed by atoms with Crippen molar-refractivity contribution in [2.45, 2.75) is 66.0 Å². The highest BCUT2D eigenvalue weighted by Crippen LogP contribution is 2.25. The number of rotatable bonds is 10. The summed E-state index contributed by atoms with van der Waals surface area (Å²) in [5.74, 6) is -0.665. The average molecular weight is 502 g/mol. The molecular formula is C27H39N3O4S. The zero-order chi connectivity index (χ0) is 26.4. The number of carbonyl (C=O) groups excluding carboxylic acids is 2. The SMILES string of the molecule is CC[C@H](C(=O)NC(C)(C)C)N(CCc1ccccc1)C(=O)CN(c1cccc(C)c1C)S(C)(=O)=O. The largest absolute Gasteiger partial charge is 0.350 e. The van der Waals surface area contributed by atoms with Gasteiger partial charge in [0.15, 0.2) is 0 Å². The number of hydrogen-bond acceptors (Lipinski definition) is 4. The van der Waals surface area contributed by atoms with Crippen molar-refractivity contribution < 1.29 is 18.0 Å². The standard InChI is InChI=1S/C27H39N3O4S/c1-8-23(26(32)28-27(4,5)6)29(18-17-22-14-10-9-11-15-22)25(31)19-30(35(7,33)34)24-16-12-13-20(2)21(24)3/h9-16,23H,8,17-19H2,1-7H3,(H,28,32)/t23-/m1/s1. The molecule has 0 saturated carbocycles. The van der Waals surface area contributed by atoms with Gasteiger partial charge in [-0.2, -0.15) is 0 Å². The Morgan fingerprint density at radius 2 is 1.63 bits per heavy atom. The van der Waals surface area contributed by atoms with Gasteiger partial charge in [0.05, 0.1) is 11.9 Å². The van der Waals surface area contributed by atoms with Gasteiger partial charge in [0.2, 0.25) is 21.8 Å². The van der Waals surface area contributed by atoms with Gasteiger partial charge in [-0.1, -0.05) is 49.4 Å². The summed E-state index contributed by atoms with van der Waals surface area (Å²) in [6, 6.07) is 14.4. The lowest BCUT2D eigenvalue weighted by Gasteiger charge is -2.34. The molecular weight excluding hydrogens is 462 g/mol. The molecule has 0 spiro atoms. The van der Waals surface area contributed by atoms with Crippen LogP contribution >= 0.6 is 0 Å². The molecule has 2 aromatic rings. The molecule has 0 aliphatic rings. The van der Waals surface area contributed by atoms with Crippen LogP contribution in [0.1, 0.15) is 50.8 Å². The normalized spacial score (nSPS) is 12.7. The molecule has 192 valence electrons. The number of aryl methyl sites for hydroxylation is 1. The fourth-order valence-electron chi connectivity index (χ4n) is 3.95. The Kier molecular flexibility index (Phi) is 9.49. The molecule has 35 heavy (non-hydrogen) atoms. The second kappa shape index (κ2) is 11.7. The van der Waals surface area contributed by atoms with Crippen molar-refractivity contribution in [2.75, 3.05) is 23.7 Å². The fourth-order valence-corrected chi connectivity index (χ4v) is 4.85. The molecule has 7 nitrogen and oxygen atoms in total. The highest BCUT2D eigenvalue weighted by molar-refractivity contribution is 7.92. The van der Waals surface area contributed by atoms with E-state index in [1.54, 1.807) is 12.1 Å². The third-order valence-electron chi connectivity index (χ3n) is 5.89. The molecule has 8 heteroatoms. The number of hydrogen-bond donors (Lipinski definition) is 1. The van der Waals surface area contributed by atoms with Crippen molar-refractivity contribution in [1.82, 2.24) is 10.2 Å². The zero-order valence-electron chi connectivity index (χ0n) is 22.0. The van der Waals surface area contributed by atoms with Gasteiger partial charge in [-0.05, 0) is 70.2 Å². The monoisotopic (exact) mass is 501 g/mol. The van der Waals surface area contributed by atoms with E-state index in [-0.39, 0.29) is 12.5 Å².